The van der Waals surface area contributed by atoms with Crippen molar-refractivity contribution >= 4 is 22.6 Å². The molecule has 1 unspecified atom stereocenters. The molecule has 49 heavy (non-hydrogen) atoms. The number of hydrogen-bond donors (Lipinski definition) is 1. The fourth-order valence-electron chi connectivity index (χ4n) is 8.30. The first-order valence-corrected chi connectivity index (χ1v) is 18.2. The Balaban J connectivity index is 1.11. The number of fused-ring (bicyclic) bond motifs is 3. The van der Waals surface area contributed by atoms with Crippen LogP contribution in [0.15, 0.2) is 23.3 Å². The molecule has 11 heteroatoms. The van der Waals surface area contributed by atoms with Crippen molar-refractivity contribution in [2.24, 2.45) is 5.92 Å². The molecule has 5 heterocycles. The summed E-state index contributed by atoms with van der Waals surface area (Å²) >= 11 is 0. The predicted octanol–water partition coefficient (Wildman–Crippen LogP) is 6.97. The number of ether oxygens (including phenoxy) is 3. The average Bonchev–Trinajstić information content (AvgIpc) is 3.85. The smallest absolute Gasteiger partial charge is 0.341 e. The van der Waals surface area contributed by atoms with Gasteiger partial charge >= 0.3 is 5.97 Å². The van der Waals surface area contributed by atoms with Gasteiger partial charge in [-0.1, -0.05) is 39.0 Å². The van der Waals surface area contributed by atoms with Gasteiger partial charge in [0, 0.05) is 56.1 Å². The topological polar surface area (TPSA) is 106 Å². The van der Waals surface area contributed by atoms with Crippen molar-refractivity contribution in [1.29, 1.82) is 0 Å². The van der Waals surface area contributed by atoms with Crippen molar-refractivity contribution in [2.75, 3.05) is 31.6 Å². The maximum absolute atomic E-state index is 16.1. The lowest BCUT2D eigenvalue weighted by Gasteiger charge is -2.37. The summed E-state index contributed by atoms with van der Waals surface area (Å²) in [7, 11) is 1.50. The summed E-state index contributed by atoms with van der Waals surface area (Å²) in [4.78, 5) is 34.4. The van der Waals surface area contributed by atoms with Crippen molar-refractivity contribution in [3.05, 3.63) is 56.9 Å². The Morgan fingerprint density at radius 3 is 2.69 bits per heavy atom. The standard InChI is InChI=1S/C38H49FN4O6/c1-4-5-6-7-8-9-12-32-48-22-29-25(17-40-23(2)36(29)49-32)19-41-15-10-11-24-18-42(21-31(24)41)34-30(39)16-27-33(37(34)47-3)43(26-13-14-26)20-28(35(27)44)38(45)46/h16-17,20,24,26,31-32H,4-15,18-19,21-22H2,1-3H3,(H,45,46)/t24-,31+,32?/m0/s1. The van der Waals surface area contributed by atoms with Crippen LogP contribution in [0, 0.1) is 18.7 Å². The molecule has 4 aliphatic rings. The van der Waals surface area contributed by atoms with Crippen LogP contribution in [0.4, 0.5) is 10.1 Å². The number of halogens is 1. The quantitative estimate of drug-likeness (QED) is 0.192. The monoisotopic (exact) mass is 676 g/mol. The lowest BCUT2D eigenvalue weighted by atomic mass is 9.91. The zero-order chi connectivity index (χ0) is 34.2. The maximum atomic E-state index is 16.1. The number of carboxylic acid groups (broad SMARTS) is 1. The number of anilines is 1. The summed E-state index contributed by atoms with van der Waals surface area (Å²) in [6.07, 6.45) is 15.2. The van der Waals surface area contributed by atoms with Crippen molar-refractivity contribution in [2.45, 2.75) is 116 Å². The first-order chi connectivity index (χ1) is 23.8. The number of carbonyl (C=O) groups is 1. The van der Waals surface area contributed by atoms with E-state index in [-0.39, 0.29) is 29.3 Å². The van der Waals surface area contributed by atoms with Gasteiger partial charge in [0.2, 0.25) is 5.43 Å². The third kappa shape index (κ3) is 6.64. The molecular weight excluding hydrogens is 627 g/mol. The Morgan fingerprint density at radius 2 is 1.94 bits per heavy atom. The van der Waals surface area contributed by atoms with Gasteiger partial charge in [0.15, 0.2) is 17.9 Å². The van der Waals surface area contributed by atoms with E-state index in [0.29, 0.717) is 49.1 Å². The number of unbranched alkanes of at least 4 members (excludes halogenated alkanes) is 5. The highest BCUT2D eigenvalue weighted by molar-refractivity contribution is 5.97. The Morgan fingerprint density at radius 1 is 1.14 bits per heavy atom. The van der Waals surface area contributed by atoms with Gasteiger partial charge in [-0.05, 0) is 63.1 Å². The predicted molar refractivity (Wildman–Crippen MR) is 185 cm³/mol. The number of aromatic carboxylic acids is 1. The second-order valence-corrected chi connectivity index (χ2v) is 14.4. The molecule has 1 N–H and O–H groups in total. The molecule has 1 aromatic carbocycles. The molecule has 0 radical (unpaired) electrons. The third-order valence-electron chi connectivity index (χ3n) is 11.0. The highest BCUT2D eigenvalue weighted by Gasteiger charge is 2.42. The van der Waals surface area contributed by atoms with Crippen LogP contribution in [0.25, 0.3) is 10.9 Å². The number of benzene rings is 1. The van der Waals surface area contributed by atoms with Gasteiger partial charge in [-0.3, -0.25) is 14.7 Å². The maximum Gasteiger partial charge on any atom is 0.341 e. The molecule has 0 bridgehead atoms. The van der Waals surface area contributed by atoms with E-state index >= 15 is 4.39 Å². The number of nitrogens with zero attached hydrogens (tertiary/aromatic N) is 4. The summed E-state index contributed by atoms with van der Waals surface area (Å²) in [6.45, 7) is 7.65. The van der Waals surface area contributed by atoms with Crippen molar-refractivity contribution in [1.82, 2.24) is 14.5 Å². The van der Waals surface area contributed by atoms with Crippen LogP contribution in [0.2, 0.25) is 0 Å². The minimum absolute atomic E-state index is 0.0402. The lowest BCUT2D eigenvalue weighted by molar-refractivity contribution is -0.113. The molecule has 264 valence electrons. The van der Waals surface area contributed by atoms with Crippen LogP contribution in [0.5, 0.6) is 11.5 Å². The van der Waals surface area contributed by atoms with Gasteiger partial charge in [-0.15, -0.1) is 0 Å². The molecule has 2 saturated heterocycles. The Bertz CT molecular complexity index is 1770. The third-order valence-corrected chi connectivity index (χ3v) is 11.0. The van der Waals surface area contributed by atoms with Crippen LogP contribution in [-0.2, 0) is 17.9 Å². The fourth-order valence-corrected chi connectivity index (χ4v) is 8.30. The summed E-state index contributed by atoms with van der Waals surface area (Å²) < 4.78 is 36.5. The van der Waals surface area contributed by atoms with Gasteiger partial charge in [0.25, 0.3) is 0 Å². The van der Waals surface area contributed by atoms with Gasteiger partial charge < -0.3 is 28.8 Å². The number of hydrogen-bond acceptors (Lipinski definition) is 8. The number of pyridine rings is 2. The zero-order valence-corrected chi connectivity index (χ0v) is 29.0. The molecule has 7 rings (SSSR count). The van der Waals surface area contributed by atoms with E-state index < -0.39 is 17.2 Å². The second kappa shape index (κ2) is 14.3. The van der Waals surface area contributed by atoms with Crippen molar-refractivity contribution in [3.8, 4) is 11.5 Å². The summed E-state index contributed by atoms with van der Waals surface area (Å²) in [5.74, 6) is -0.403. The Kier molecular flexibility index (Phi) is 9.84. The number of piperidine rings is 1. The number of methoxy groups -OCH3 is 1. The highest BCUT2D eigenvalue weighted by Crippen LogP contribution is 2.46. The molecule has 3 aromatic rings. The van der Waals surface area contributed by atoms with Gasteiger partial charge in [0.05, 0.1) is 30.3 Å². The lowest BCUT2D eigenvalue weighted by Crippen LogP contribution is -2.44. The van der Waals surface area contributed by atoms with Crippen molar-refractivity contribution < 1.29 is 28.5 Å². The Hall–Kier alpha value is -3.70. The molecule has 3 atom stereocenters. The minimum Gasteiger partial charge on any atom is -0.492 e. The van der Waals surface area contributed by atoms with Gasteiger partial charge in [-0.2, -0.15) is 0 Å². The van der Waals surface area contributed by atoms with E-state index in [2.05, 4.69) is 16.7 Å². The normalized spacial score (nSPS) is 22.2. The van der Waals surface area contributed by atoms with Crippen LogP contribution >= 0.6 is 0 Å². The summed E-state index contributed by atoms with van der Waals surface area (Å²) in [5, 5.41) is 9.75. The van der Waals surface area contributed by atoms with Crippen LogP contribution in [0.1, 0.15) is 111 Å². The largest absolute Gasteiger partial charge is 0.492 e. The molecule has 3 fully saturated rings. The minimum atomic E-state index is -1.32. The van der Waals surface area contributed by atoms with E-state index in [1.807, 2.05) is 17.7 Å². The van der Waals surface area contributed by atoms with E-state index in [9.17, 15) is 14.7 Å². The number of aromatic nitrogens is 2. The zero-order valence-electron chi connectivity index (χ0n) is 29.0. The molecule has 0 spiro atoms. The summed E-state index contributed by atoms with van der Waals surface area (Å²) in [5.41, 5.74) is 2.83. The van der Waals surface area contributed by atoms with Crippen LogP contribution in [-0.4, -0.2) is 64.6 Å². The molecular formula is C38H49FN4O6. The first kappa shape index (κ1) is 33.8. The van der Waals surface area contributed by atoms with Gasteiger partial charge in [0.1, 0.15) is 17.0 Å². The number of carboxylic acids is 1. The molecule has 1 saturated carbocycles. The van der Waals surface area contributed by atoms with E-state index in [1.54, 1.807) is 0 Å². The molecule has 2 aromatic heterocycles. The van der Waals surface area contributed by atoms with Crippen LogP contribution < -0.4 is 19.8 Å². The molecule has 3 aliphatic heterocycles. The average molecular weight is 677 g/mol. The van der Waals surface area contributed by atoms with Crippen molar-refractivity contribution in [3.63, 3.8) is 0 Å². The van der Waals surface area contributed by atoms with Crippen LogP contribution in [0.3, 0.4) is 0 Å². The summed E-state index contributed by atoms with van der Waals surface area (Å²) in [6, 6.07) is 1.46. The van der Waals surface area contributed by atoms with E-state index in [1.165, 1.54) is 51.5 Å². The number of aryl methyl sites for hydroxylation is 1. The SMILES string of the molecule is CCCCCCCCC1OCc2c(CN3CCC[C@H]4CN(c5c(F)cc6c(=O)c(C(=O)O)cn(C7CC7)c6c5OC)C[C@H]43)cnc(C)c2O1. The van der Waals surface area contributed by atoms with E-state index in [0.717, 1.165) is 67.6 Å². The number of rotatable bonds is 13. The fraction of sp³-hybridized carbons (Fsp3) is 0.605. The van der Waals surface area contributed by atoms with Gasteiger partial charge in [-0.25, -0.2) is 9.18 Å². The Labute approximate surface area is 287 Å². The molecule has 10 nitrogen and oxygen atoms in total. The molecule has 1 aliphatic carbocycles. The first-order valence-electron chi connectivity index (χ1n) is 18.2. The molecule has 0 amide bonds. The second-order valence-electron chi connectivity index (χ2n) is 14.4. The highest BCUT2D eigenvalue weighted by atomic mass is 19.1. The number of likely N-dealkylation sites (tertiary alicyclic amines) is 1. The van der Waals surface area contributed by atoms with E-state index in [4.69, 9.17) is 19.2 Å².